The largest absolute Gasteiger partial charge is 0.382 e. The summed E-state index contributed by atoms with van der Waals surface area (Å²) in [6.07, 6.45) is 2.95. The van der Waals surface area contributed by atoms with Gasteiger partial charge in [-0.15, -0.1) is 0 Å². The highest BCUT2D eigenvalue weighted by Gasteiger charge is 2.31. The zero-order chi connectivity index (χ0) is 15.5. The summed E-state index contributed by atoms with van der Waals surface area (Å²) in [5.74, 6) is 0.134. The first-order valence-corrected chi connectivity index (χ1v) is 9.27. The van der Waals surface area contributed by atoms with Crippen LogP contribution in [0.1, 0.15) is 40.0 Å². The maximum absolute atomic E-state index is 11.8. The Kier molecular flexibility index (Phi) is 4.94. The molecule has 2 unspecified atom stereocenters. The van der Waals surface area contributed by atoms with Gasteiger partial charge in [-0.3, -0.25) is 0 Å². The van der Waals surface area contributed by atoms with E-state index in [4.69, 9.17) is 4.74 Å². The lowest BCUT2D eigenvalue weighted by molar-refractivity contribution is -0.0708. The standard InChI is InChI=1S/C16H25NO3S/c1-4-16(3)12-14(10-11-20-16)17-13-6-8-15(9-7-13)21(18,19)5-2/h6-9,14,17H,4-5,10-12H2,1-3H3. The van der Waals surface area contributed by atoms with E-state index in [1.807, 2.05) is 12.1 Å². The Balaban J connectivity index is 2.04. The summed E-state index contributed by atoms with van der Waals surface area (Å²) >= 11 is 0. The zero-order valence-electron chi connectivity index (χ0n) is 13.1. The van der Waals surface area contributed by atoms with Gasteiger partial charge in [-0.1, -0.05) is 13.8 Å². The summed E-state index contributed by atoms with van der Waals surface area (Å²) in [5, 5.41) is 3.49. The number of hydrogen-bond donors (Lipinski definition) is 1. The molecule has 1 fully saturated rings. The summed E-state index contributed by atoms with van der Waals surface area (Å²) in [6, 6.07) is 7.43. The highest BCUT2D eigenvalue weighted by atomic mass is 32.2. The predicted octanol–water partition coefficient (Wildman–Crippen LogP) is 3.24. The van der Waals surface area contributed by atoms with Crippen LogP contribution in [0.25, 0.3) is 0 Å². The lowest BCUT2D eigenvalue weighted by atomic mass is 9.90. The minimum absolute atomic E-state index is 0.0542. The van der Waals surface area contributed by atoms with E-state index in [2.05, 4.69) is 19.2 Å². The molecule has 1 aliphatic heterocycles. The molecular formula is C16H25NO3S. The van der Waals surface area contributed by atoms with Crippen molar-refractivity contribution < 1.29 is 13.2 Å². The van der Waals surface area contributed by atoms with E-state index in [1.165, 1.54) is 0 Å². The monoisotopic (exact) mass is 311 g/mol. The minimum atomic E-state index is -3.12. The van der Waals surface area contributed by atoms with E-state index in [-0.39, 0.29) is 11.4 Å². The quantitative estimate of drug-likeness (QED) is 0.907. The van der Waals surface area contributed by atoms with Crippen LogP contribution < -0.4 is 5.32 Å². The van der Waals surface area contributed by atoms with Crippen molar-refractivity contribution in [1.82, 2.24) is 0 Å². The average molecular weight is 311 g/mol. The Hall–Kier alpha value is -1.07. The smallest absolute Gasteiger partial charge is 0.178 e. The molecule has 2 atom stereocenters. The maximum atomic E-state index is 11.8. The molecule has 0 spiro atoms. The second-order valence-electron chi connectivity index (χ2n) is 5.91. The van der Waals surface area contributed by atoms with E-state index in [0.29, 0.717) is 10.9 Å². The number of nitrogens with one attached hydrogen (secondary N) is 1. The molecule has 0 aliphatic carbocycles. The number of sulfone groups is 1. The number of anilines is 1. The lowest BCUT2D eigenvalue weighted by Gasteiger charge is -2.38. The van der Waals surface area contributed by atoms with Gasteiger partial charge in [-0.05, 0) is 50.5 Å². The summed E-state index contributed by atoms with van der Waals surface area (Å²) in [7, 11) is -3.12. The molecule has 21 heavy (non-hydrogen) atoms. The molecule has 0 amide bonds. The molecule has 1 heterocycles. The molecular weight excluding hydrogens is 286 g/mol. The van der Waals surface area contributed by atoms with Gasteiger partial charge in [0.15, 0.2) is 9.84 Å². The molecule has 1 saturated heterocycles. The van der Waals surface area contributed by atoms with Gasteiger partial charge in [0.2, 0.25) is 0 Å². The fraction of sp³-hybridized carbons (Fsp3) is 0.625. The van der Waals surface area contributed by atoms with Gasteiger partial charge in [0.05, 0.1) is 16.2 Å². The third kappa shape index (κ3) is 3.98. The van der Waals surface area contributed by atoms with Gasteiger partial charge in [-0.2, -0.15) is 0 Å². The van der Waals surface area contributed by atoms with E-state index in [1.54, 1.807) is 19.1 Å². The van der Waals surface area contributed by atoms with Gasteiger partial charge in [0, 0.05) is 18.3 Å². The molecule has 118 valence electrons. The Morgan fingerprint density at radius 2 is 1.95 bits per heavy atom. The van der Waals surface area contributed by atoms with E-state index >= 15 is 0 Å². The maximum Gasteiger partial charge on any atom is 0.178 e. The van der Waals surface area contributed by atoms with Gasteiger partial charge in [0.25, 0.3) is 0 Å². The van der Waals surface area contributed by atoms with Crippen molar-refractivity contribution in [1.29, 1.82) is 0 Å². The van der Waals surface area contributed by atoms with Crippen LogP contribution in [0, 0.1) is 0 Å². The number of rotatable bonds is 5. The fourth-order valence-electron chi connectivity index (χ4n) is 2.66. The second kappa shape index (κ2) is 6.36. The van der Waals surface area contributed by atoms with Crippen LogP contribution in [-0.4, -0.2) is 32.4 Å². The average Bonchev–Trinajstić information content (AvgIpc) is 2.48. The molecule has 0 radical (unpaired) electrons. The Labute approximate surface area is 127 Å². The van der Waals surface area contributed by atoms with E-state index in [9.17, 15) is 8.42 Å². The van der Waals surface area contributed by atoms with Crippen molar-refractivity contribution in [2.75, 3.05) is 17.7 Å². The number of hydrogen-bond acceptors (Lipinski definition) is 4. The Bertz CT molecular complexity index is 568. The molecule has 1 aromatic carbocycles. The fourth-order valence-corrected chi connectivity index (χ4v) is 3.54. The minimum Gasteiger partial charge on any atom is -0.382 e. The Morgan fingerprint density at radius 1 is 1.29 bits per heavy atom. The van der Waals surface area contributed by atoms with E-state index in [0.717, 1.165) is 31.6 Å². The van der Waals surface area contributed by atoms with Crippen molar-refractivity contribution in [2.45, 2.75) is 56.6 Å². The SMILES string of the molecule is CCC1(C)CC(Nc2ccc(S(=O)(=O)CC)cc2)CCO1. The first-order valence-electron chi connectivity index (χ1n) is 7.62. The van der Waals surface area contributed by atoms with Crippen LogP contribution in [-0.2, 0) is 14.6 Å². The predicted molar refractivity (Wildman–Crippen MR) is 85.5 cm³/mol. The number of benzene rings is 1. The molecule has 1 N–H and O–H groups in total. The molecule has 4 nitrogen and oxygen atoms in total. The van der Waals surface area contributed by atoms with Crippen LogP contribution >= 0.6 is 0 Å². The first kappa shape index (κ1) is 16.3. The molecule has 0 aromatic heterocycles. The van der Waals surface area contributed by atoms with Crippen LogP contribution in [0.3, 0.4) is 0 Å². The summed E-state index contributed by atoms with van der Waals surface area (Å²) in [6.45, 7) is 6.73. The Morgan fingerprint density at radius 3 is 2.52 bits per heavy atom. The van der Waals surface area contributed by atoms with Gasteiger partial charge in [0.1, 0.15) is 0 Å². The molecule has 0 saturated carbocycles. The van der Waals surface area contributed by atoms with Crippen molar-refractivity contribution >= 4 is 15.5 Å². The molecule has 2 rings (SSSR count). The van der Waals surface area contributed by atoms with Crippen molar-refractivity contribution in [3.8, 4) is 0 Å². The molecule has 1 aromatic rings. The molecule has 5 heteroatoms. The van der Waals surface area contributed by atoms with Crippen LogP contribution in [0.2, 0.25) is 0 Å². The second-order valence-corrected chi connectivity index (χ2v) is 8.19. The number of ether oxygens (including phenoxy) is 1. The first-order chi connectivity index (χ1) is 9.88. The highest BCUT2D eigenvalue weighted by molar-refractivity contribution is 7.91. The third-order valence-corrected chi connectivity index (χ3v) is 6.06. The van der Waals surface area contributed by atoms with Gasteiger partial charge >= 0.3 is 0 Å². The third-order valence-electron chi connectivity index (χ3n) is 4.31. The topological polar surface area (TPSA) is 55.4 Å². The van der Waals surface area contributed by atoms with Crippen molar-refractivity contribution in [3.63, 3.8) is 0 Å². The van der Waals surface area contributed by atoms with Gasteiger partial charge in [-0.25, -0.2) is 8.42 Å². The summed E-state index contributed by atoms with van der Waals surface area (Å²) in [4.78, 5) is 0.390. The lowest BCUT2D eigenvalue weighted by Crippen LogP contribution is -2.41. The molecule has 1 aliphatic rings. The molecule has 0 bridgehead atoms. The van der Waals surface area contributed by atoms with Crippen LogP contribution in [0.5, 0.6) is 0 Å². The van der Waals surface area contributed by atoms with Gasteiger partial charge < -0.3 is 10.1 Å². The summed E-state index contributed by atoms with van der Waals surface area (Å²) in [5.41, 5.74) is 0.914. The van der Waals surface area contributed by atoms with Crippen molar-refractivity contribution in [2.24, 2.45) is 0 Å². The zero-order valence-corrected chi connectivity index (χ0v) is 13.9. The normalized spacial score (nSPS) is 26.5. The van der Waals surface area contributed by atoms with Crippen LogP contribution in [0.15, 0.2) is 29.2 Å². The van der Waals surface area contributed by atoms with Crippen molar-refractivity contribution in [3.05, 3.63) is 24.3 Å². The highest BCUT2D eigenvalue weighted by Crippen LogP contribution is 2.29. The van der Waals surface area contributed by atoms with Crippen LogP contribution in [0.4, 0.5) is 5.69 Å². The van der Waals surface area contributed by atoms with E-state index < -0.39 is 9.84 Å². The summed E-state index contributed by atoms with van der Waals surface area (Å²) < 4.78 is 29.4.